The van der Waals surface area contributed by atoms with Gasteiger partial charge in [0.15, 0.2) is 0 Å². The van der Waals surface area contributed by atoms with Gasteiger partial charge in [-0.2, -0.15) is 0 Å². The van der Waals surface area contributed by atoms with Crippen molar-refractivity contribution in [2.45, 2.75) is 13.8 Å². The van der Waals surface area contributed by atoms with Crippen LogP contribution in [0.3, 0.4) is 0 Å². The van der Waals surface area contributed by atoms with Crippen LogP contribution >= 0.6 is 0 Å². The van der Waals surface area contributed by atoms with Crippen LogP contribution in [0.1, 0.15) is 13.8 Å². The fourth-order valence-electron chi connectivity index (χ4n) is 2.06. The minimum absolute atomic E-state index is 0.0655. The number of para-hydroxylation sites is 1. The molecule has 0 atom stereocenters. The van der Waals surface area contributed by atoms with Crippen molar-refractivity contribution in [3.63, 3.8) is 0 Å². The van der Waals surface area contributed by atoms with E-state index in [4.69, 9.17) is 0 Å². The summed E-state index contributed by atoms with van der Waals surface area (Å²) in [5.41, 5.74) is 2.18. The number of nitrogens with one attached hydrogen (secondary N) is 1. The Morgan fingerprint density at radius 3 is 2.32 bits per heavy atom. The smallest absolute Gasteiger partial charge is 0.278 e. The van der Waals surface area contributed by atoms with E-state index in [1.165, 1.54) is 6.07 Å². The molecule has 0 amide bonds. The fourth-order valence-corrected chi connectivity index (χ4v) is 2.06. The maximum absolute atomic E-state index is 11.0. The first kappa shape index (κ1) is 15.4. The van der Waals surface area contributed by atoms with Gasteiger partial charge < -0.3 is 4.98 Å². The minimum Gasteiger partial charge on any atom is -0.338 e. The highest BCUT2D eigenvalue weighted by Crippen LogP contribution is 2.29. The summed E-state index contributed by atoms with van der Waals surface area (Å²) in [5.74, 6) is 0.693. The predicted molar refractivity (Wildman–Crippen MR) is 87.5 cm³/mol. The van der Waals surface area contributed by atoms with E-state index < -0.39 is 4.92 Å². The maximum Gasteiger partial charge on any atom is 0.278 e. The van der Waals surface area contributed by atoms with Crippen molar-refractivity contribution in [1.29, 1.82) is 0 Å². The molecule has 0 saturated carbocycles. The number of nitrogens with zero attached hydrogens (tertiary/aromatic N) is 2. The lowest BCUT2D eigenvalue weighted by atomic mass is 10.1. The zero-order valence-corrected chi connectivity index (χ0v) is 12.5. The molecule has 112 valence electrons. The number of aromatic nitrogens is 2. The second-order valence-electron chi connectivity index (χ2n) is 4.29. The van der Waals surface area contributed by atoms with Gasteiger partial charge in [-0.05, 0) is 6.07 Å². The number of benzene rings is 2. The summed E-state index contributed by atoms with van der Waals surface area (Å²) < 4.78 is 0. The van der Waals surface area contributed by atoms with Crippen LogP contribution in [0.5, 0.6) is 0 Å². The van der Waals surface area contributed by atoms with Crippen molar-refractivity contribution in [2.24, 2.45) is 0 Å². The summed E-state index contributed by atoms with van der Waals surface area (Å²) in [6, 6.07) is 16.2. The molecule has 0 radical (unpaired) electrons. The monoisotopic (exact) mass is 295 g/mol. The van der Waals surface area contributed by atoms with Crippen molar-refractivity contribution >= 4 is 5.69 Å². The first-order chi connectivity index (χ1) is 10.8. The van der Waals surface area contributed by atoms with Crippen LogP contribution in [0.2, 0.25) is 0 Å². The van der Waals surface area contributed by atoms with Crippen molar-refractivity contribution in [2.75, 3.05) is 0 Å². The van der Waals surface area contributed by atoms with Gasteiger partial charge in [-0.1, -0.05) is 56.3 Å². The first-order valence-electron chi connectivity index (χ1n) is 7.10. The summed E-state index contributed by atoms with van der Waals surface area (Å²) in [6.45, 7) is 4.00. The van der Waals surface area contributed by atoms with Crippen LogP contribution in [0.25, 0.3) is 22.6 Å². The quantitative estimate of drug-likeness (QED) is 0.563. The Labute approximate surface area is 128 Å². The average molecular weight is 295 g/mol. The molecule has 0 aliphatic heterocycles. The molecule has 0 unspecified atom stereocenters. The largest absolute Gasteiger partial charge is 0.338 e. The highest BCUT2D eigenvalue weighted by molar-refractivity contribution is 5.72. The van der Waals surface area contributed by atoms with Gasteiger partial charge in [0.1, 0.15) is 5.82 Å². The summed E-state index contributed by atoms with van der Waals surface area (Å²) in [6.07, 6.45) is 1.62. The summed E-state index contributed by atoms with van der Waals surface area (Å²) in [4.78, 5) is 18.1. The zero-order valence-electron chi connectivity index (χ0n) is 12.5. The summed E-state index contributed by atoms with van der Waals surface area (Å²) in [5, 5.41) is 11.0. The van der Waals surface area contributed by atoms with Crippen molar-refractivity contribution < 1.29 is 4.92 Å². The van der Waals surface area contributed by atoms with Crippen LogP contribution in [0.4, 0.5) is 5.69 Å². The Hall–Kier alpha value is -2.95. The van der Waals surface area contributed by atoms with Gasteiger partial charge in [-0.3, -0.25) is 10.1 Å². The molecular weight excluding hydrogens is 278 g/mol. The SMILES string of the molecule is CC.O=[N+]([O-])c1ccccc1-c1cnc(-c2ccccc2)[nH]1. The number of hydrogen-bond acceptors (Lipinski definition) is 3. The first-order valence-corrected chi connectivity index (χ1v) is 7.10. The summed E-state index contributed by atoms with van der Waals surface area (Å²) in [7, 11) is 0. The molecule has 0 spiro atoms. The molecule has 1 aromatic heterocycles. The van der Waals surface area contributed by atoms with E-state index in [1.807, 2.05) is 44.2 Å². The van der Waals surface area contributed by atoms with Crippen LogP contribution < -0.4 is 0 Å². The van der Waals surface area contributed by atoms with Gasteiger partial charge in [0.2, 0.25) is 0 Å². The third kappa shape index (κ3) is 3.20. The number of rotatable bonds is 3. The second-order valence-corrected chi connectivity index (χ2v) is 4.29. The predicted octanol–water partition coefficient (Wildman–Crippen LogP) is 4.68. The van der Waals surface area contributed by atoms with Crippen LogP contribution in [-0.4, -0.2) is 14.9 Å². The van der Waals surface area contributed by atoms with E-state index in [9.17, 15) is 10.1 Å². The lowest BCUT2D eigenvalue weighted by molar-refractivity contribution is -0.384. The topological polar surface area (TPSA) is 71.8 Å². The number of H-pyrrole nitrogens is 1. The molecule has 3 rings (SSSR count). The van der Waals surface area contributed by atoms with Crippen molar-refractivity contribution in [1.82, 2.24) is 9.97 Å². The fraction of sp³-hybridized carbons (Fsp3) is 0.118. The van der Waals surface area contributed by atoms with E-state index in [0.29, 0.717) is 17.1 Å². The zero-order chi connectivity index (χ0) is 15.9. The molecule has 0 bridgehead atoms. The van der Waals surface area contributed by atoms with Gasteiger partial charge in [-0.25, -0.2) is 4.98 Å². The van der Waals surface area contributed by atoms with Crippen molar-refractivity contribution in [3.05, 3.63) is 70.9 Å². The normalized spacial score (nSPS) is 9.73. The third-order valence-corrected chi connectivity index (χ3v) is 3.01. The van der Waals surface area contributed by atoms with Gasteiger partial charge in [0.25, 0.3) is 5.69 Å². The highest BCUT2D eigenvalue weighted by atomic mass is 16.6. The number of hydrogen-bond donors (Lipinski definition) is 1. The molecule has 0 aliphatic carbocycles. The average Bonchev–Trinajstić information content (AvgIpc) is 3.07. The molecule has 2 aromatic carbocycles. The van der Waals surface area contributed by atoms with Gasteiger partial charge in [-0.15, -0.1) is 0 Å². The van der Waals surface area contributed by atoms with Crippen LogP contribution in [0.15, 0.2) is 60.8 Å². The van der Waals surface area contributed by atoms with E-state index in [-0.39, 0.29) is 5.69 Å². The molecule has 1 N–H and O–H groups in total. The minimum atomic E-state index is -0.391. The standard InChI is InChI=1S/C15H11N3O2.C2H6/c19-18(20)14-9-5-4-8-12(14)13-10-16-15(17-13)11-6-2-1-3-7-11;1-2/h1-10H,(H,16,17);1-2H3. The molecular formula is C17H17N3O2. The molecule has 0 aliphatic rings. The number of nitro benzene ring substituents is 1. The van der Waals surface area contributed by atoms with Crippen LogP contribution in [-0.2, 0) is 0 Å². The molecule has 1 heterocycles. The number of imidazole rings is 1. The van der Waals surface area contributed by atoms with Gasteiger partial charge in [0, 0.05) is 11.6 Å². The van der Waals surface area contributed by atoms with Gasteiger partial charge >= 0.3 is 0 Å². The van der Waals surface area contributed by atoms with E-state index >= 15 is 0 Å². The molecule has 22 heavy (non-hydrogen) atoms. The van der Waals surface area contributed by atoms with Crippen molar-refractivity contribution in [3.8, 4) is 22.6 Å². The second kappa shape index (κ2) is 7.17. The van der Waals surface area contributed by atoms with Crippen LogP contribution in [0, 0.1) is 10.1 Å². The molecule has 5 nitrogen and oxygen atoms in total. The number of aromatic amines is 1. The summed E-state index contributed by atoms with van der Waals surface area (Å²) >= 11 is 0. The lowest BCUT2D eigenvalue weighted by Gasteiger charge is -1.99. The van der Waals surface area contributed by atoms with E-state index in [1.54, 1.807) is 24.4 Å². The molecule has 3 aromatic rings. The Bertz CT molecular complexity index is 751. The molecule has 5 heteroatoms. The number of nitro groups is 1. The Kier molecular flexibility index (Phi) is 5.03. The van der Waals surface area contributed by atoms with E-state index in [2.05, 4.69) is 9.97 Å². The Morgan fingerprint density at radius 1 is 1.00 bits per heavy atom. The highest BCUT2D eigenvalue weighted by Gasteiger charge is 2.16. The third-order valence-electron chi connectivity index (χ3n) is 3.01. The Morgan fingerprint density at radius 2 is 1.64 bits per heavy atom. The maximum atomic E-state index is 11.0. The molecule has 0 saturated heterocycles. The molecule has 0 fully saturated rings. The van der Waals surface area contributed by atoms with E-state index in [0.717, 1.165) is 5.56 Å². The Balaban J connectivity index is 0.000000847. The van der Waals surface area contributed by atoms with Gasteiger partial charge in [0.05, 0.1) is 22.4 Å². The lowest BCUT2D eigenvalue weighted by Crippen LogP contribution is -1.91.